The van der Waals surface area contributed by atoms with E-state index in [1.165, 1.54) is 63.9 Å². The average molecular weight is 571 g/mol. The Morgan fingerprint density at radius 3 is 2.51 bits per heavy atom. The standard InChI is InChI=1S/C36H58O5/c1-23(2)9-8-10-24(3)30-13-14-31-29-12-11-25-19-27(15-17-35(25,6)32(29)16-18-36(30,31)7)39-22-26(37)20-28-21-33(38)41-34(4,5)40-28/h11,21,23-24,26-27,29-32,37H,8-10,12-20,22H2,1-7H3/t24-,26?,27+,29?,30-,31?,32?,35+,36-/m1/s1. The second kappa shape index (κ2) is 12.0. The van der Waals surface area contributed by atoms with Crippen LogP contribution in [-0.4, -0.2) is 35.7 Å². The molecule has 3 fully saturated rings. The predicted molar refractivity (Wildman–Crippen MR) is 163 cm³/mol. The van der Waals surface area contributed by atoms with Gasteiger partial charge in [0.25, 0.3) is 0 Å². The number of carbonyl (C=O) groups is 1. The number of aliphatic hydroxyl groups excluding tert-OH is 1. The molecule has 4 aliphatic carbocycles. The van der Waals surface area contributed by atoms with E-state index in [4.69, 9.17) is 14.2 Å². The minimum atomic E-state index is -0.997. The van der Waals surface area contributed by atoms with Gasteiger partial charge in [-0.1, -0.05) is 65.5 Å². The van der Waals surface area contributed by atoms with Crippen LogP contribution in [0.3, 0.4) is 0 Å². The number of ether oxygens (including phenoxy) is 3. The third-order valence-electron chi connectivity index (χ3n) is 12.2. The van der Waals surface area contributed by atoms with E-state index in [1.807, 2.05) is 0 Å². The SMILES string of the molecule is CC(C)CCC[C@@H](C)[C@H]1CCC2C3CC=C4C[C@@H](OCC(O)CC5=CC(=O)OC(C)(C)O5)CC[C@]4(C)C3CC[C@@]21C. The van der Waals surface area contributed by atoms with Crippen LogP contribution in [0.5, 0.6) is 0 Å². The van der Waals surface area contributed by atoms with E-state index in [0.29, 0.717) is 16.6 Å². The molecule has 9 atom stereocenters. The number of cyclic esters (lactones) is 1. The molecule has 0 radical (unpaired) electrons. The lowest BCUT2D eigenvalue weighted by molar-refractivity contribution is -0.207. The number of fused-ring (bicyclic) bond motifs is 5. The molecular weight excluding hydrogens is 512 g/mol. The van der Waals surface area contributed by atoms with E-state index in [2.05, 4.69) is 40.7 Å². The topological polar surface area (TPSA) is 65.0 Å². The molecule has 1 heterocycles. The maximum atomic E-state index is 11.8. The summed E-state index contributed by atoms with van der Waals surface area (Å²) >= 11 is 0. The molecule has 1 N–H and O–H groups in total. The van der Waals surface area contributed by atoms with Crippen molar-refractivity contribution in [2.45, 2.75) is 144 Å². The molecule has 4 unspecified atom stereocenters. The second-order valence-corrected chi connectivity index (χ2v) is 15.9. The molecule has 5 aliphatic rings. The van der Waals surface area contributed by atoms with Crippen LogP contribution >= 0.6 is 0 Å². The molecule has 3 saturated carbocycles. The van der Waals surface area contributed by atoms with Crippen molar-refractivity contribution in [1.82, 2.24) is 0 Å². The van der Waals surface area contributed by atoms with Gasteiger partial charge in [0.05, 0.1) is 24.9 Å². The summed E-state index contributed by atoms with van der Waals surface area (Å²) in [6, 6.07) is 0. The van der Waals surface area contributed by atoms with Gasteiger partial charge in [-0.3, -0.25) is 0 Å². The maximum Gasteiger partial charge on any atom is 0.337 e. The molecule has 5 rings (SSSR count). The van der Waals surface area contributed by atoms with E-state index in [-0.39, 0.29) is 19.1 Å². The van der Waals surface area contributed by atoms with Gasteiger partial charge in [-0.05, 0) is 97.7 Å². The second-order valence-electron chi connectivity index (χ2n) is 15.9. The Balaban J connectivity index is 1.16. The van der Waals surface area contributed by atoms with Crippen molar-refractivity contribution in [3.8, 4) is 0 Å². The molecule has 5 heteroatoms. The molecule has 0 aromatic rings. The number of aliphatic hydroxyl groups is 1. The van der Waals surface area contributed by atoms with Crippen LogP contribution in [0.15, 0.2) is 23.5 Å². The molecule has 41 heavy (non-hydrogen) atoms. The summed E-state index contributed by atoms with van der Waals surface area (Å²) < 4.78 is 17.1. The van der Waals surface area contributed by atoms with Crippen molar-refractivity contribution in [1.29, 1.82) is 0 Å². The first-order valence-corrected chi connectivity index (χ1v) is 16.9. The summed E-state index contributed by atoms with van der Waals surface area (Å²) in [5.74, 6) is 4.15. The monoisotopic (exact) mass is 570 g/mol. The third-order valence-corrected chi connectivity index (χ3v) is 12.2. The first-order chi connectivity index (χ1) is 19.3. The lowest BCUT2D eigenvalue weighted by Crippen LogP contribution is -2.51. The summed E-state index contributed by atoms with van der Waals surface area (Å²) in [5, 5.41) is 10.7. The minimum Gasteiger partial charge on any atom is -0.457 e. The van der Waals surface area contributed by atoms with Gasteiger partial charge in [-0.25, -0.2) is 4.79 Å². The quantitative estimate of drug-likeness (QED) is 0.211. The Labute approximate surface area is 249 Å². The summed E-state index contributed by atoms with van der Waals surface area (Å²) in [7, 11) is 0. The molecular formula is C36H58O5. The van der Waals surface area contributed by atoms with Gasteiger partial charge in [-0.15, -0.1) is 0 Å². The fourth-order valence-electron chi connectivity index (χ4n) is 10.2. The van der Waals surface area contributed by atoms with Gasteiger partial charge in [0.1, 0.15) is 5.76 Å². The fraction of sp³-hybridized carbons (Fsp3) is 0.861. The van der Waals surface area contributed by atoms with Gasteiger partial charge in [0.2, 0.25) is 5.79 Å². The van der Waals surface area contributed by atoms with Gasteiger partial charge in [0, 0.05) is 20.3 Å². The molecule has 0 saturated heterocycles. The van der Waals surface area contributed by atoms with Crippen LogP contribution in [0.25, 0.3) is 0 Å². The predicted octanol–water partition coefficient (Wildman–Crippen LogP) is 8.36. The number of carbonyl (C=O) groups excluding carboxylic acids is 1. The minimum absolute atomic E-state index is 0.152. The Morgan fingerprint density at radius 1 is 1.00 bits per heavy atom. The third kappa shape index (κ3) is 6.47. The van der Waals surface area contributed by atoms with E-state index in [9.17, 15) is 9.90 Å². The number of rotatable bonds is 10. The fourth-order valence-corrected chi connectivity index (χ4v) is 10.2. The van der Waals surface area contributed by atoms with Crippen molar-refractivity contribution < 1.29 is 24.1 Å². The highest BCUT2D eigenvalue weighted by atomic mass is 16.7. The summed E-state index contributed by atoms with van der Waals surface area (Å²) in [6.07, 6.45) is 18.0. The van der Waals surface area contributed by atoms with Crippen molar-refractivity contribution in [3.05, 3.63) is 23.5 Å². The van der Waals surface area contributed by atoms with Crippen LogP contribution in [-0.2, 0) is 19.0 Å². The summed E-state index contributed by atoms with van der Waals surface area (Å²) in [4.78, 5) is 11.8. The number of esters is 1. The smallest absolute Gasteiger partial charge is 0.337 e. The van der Waals surface area contributed by atoms with Gasteiger partial charge in [-0.2, -0.15) is 0 Å². The largest absolute Gasteiger partial charge is 0.457 e. The zero-order valence-corrected chi connectivity index (χ0v) is 27.0. The lowest BCUT2D eigenvalue weighted by Gasteiger charge is -2.58. The molecule has 232 valence electrons. The number of allylic oxidation sites excluding steroid dienone is 1. The van der Waals surface area contributed by atoms with E-state index in [1.54, 1.807) is 19.4 Å². The van der Waals surface area contributed by atoms with E-state index in [0.717, 1.165) is 48.3 Å². The Morgan fingerprint density at radius 2 is 1.78 bits per heavy atom. The van der Waals surface area contributed by atoms with Crippen molar-refractivity contribution in [3.63, 3.8) is 0 Å². The Kier molecular flexibility index (Phi) is 9.09. The first-order valence-electron chi connectivity index (χ1n) is 16.9. The van der Waals surface area contributed by atoms with Gasteiger partial charge < -0.3 is 19.3 Å². The van der Waals surface area contributed by atoms with Crippen LogP contribution in [0.4, 0.5) is 0 Å². The van der Waals surface area contributed by atoms with Gasteiger partial charge in [0.15, 0.2) is 0 Å². The average Bonchev–Trinajstić information content (AvgIpc) is 3.23. The van der Waals surface area contributed by atoms with Crippen molar-refractivity contribution in [2.75, 3.05) is 6.61 Å². The molecule has 0 aromatic heterocycles. The highest BCUT2D eigenvalue weighted by molar-refractivity contribution is 5.83. The zero-order valence-electron chi connectivity index (χ0n) is 27.0. The van der Waals surface area contributed by atoms with Crippen LogP contribution in [0.1, 0.15) is 126 Å². The molecule has 0 aromatic carbocycles. The van der Waals surface area contributed by atoms with E-state index >= 15 is 0 Å². The van der Waals surface area contributed by atoms with Crippen LogP contribution < -0.4 is 0 Å². The molecule has 1 aliphatic heterocycles. The first kappa shape index (κ1) is 31.1. The lowest BCUT2D eigenvalue weighted by atomic mass is 9.47. The highest BCUT2D eigenvalue weighted by Crippen LogP contribution is 2.67. The Hall–Kier alpha value is -1.33. The van der Waals surface area contributed by atoms with Crippen molar-refractivity contribution >= 4 is 5.97 Å². The number of hydrogen-bond donors (Lipinski definition) is 1. The van der Waals surface area contributed by atoms with Crippen LogP contribution in [0, 0.1) is 46.3 Å². The molecule has 0 bridgehead atoms. The molecule has 0 spiro atoms. The maximum absolute atomic E-state index is 11.8. The Bertz CT molecular complexity index is 1010. The highest BCUT2D eigenvalue weighted by Gasteiger charge is 2.59. The van der Waals surface area contributed by atoms with Crippen LogP contribution in [0.2, 0.25) is 0 Å². The van der Waals surface area contributed by atoms with Gasteiger partial charge >= 0.3 is 5.97 Å². The van der Waals surface area contributed by atoms with Crippen molar-refractivity contribution in [2.24, 2.45) is 46.3 Å². The molecule has 0 amide bonds. The zero-order chi connectivity index (χ0) is 29.6. The molecule has 5 nitrogen and oxygen atoms in total. The summed E-state index contributed by atoms with van der Waals surface area (Å²) in [5.41, 5.74) is 2.45. The normalized spacial score (nSPS) is 39.4. The number of hydrogen-bond acceptors (Lipinski definition) is 5. The van der Waals surface area contributed by atoms with E-state index < -0.39 is 17.9 Å². The summed E-state index contributed by atoms with van der Waals surface area (Å²) in [6.45, 7) is 16.2.